The summed E-state index contributed by atoms with van der Waals surface area (Å²) in [5.74, 6) is 2.83. The van der Waals surface area contributed by atoms with Crippen molar-refractivity contribution in [1.82, 2.24) is 4.90 Å². The first kappa shape index (κ1) is 12.2. The lowest BCUT2D eigenvalue weighted by atomic mass is 9.88. The second kappa shape index (κ2) is 5.35. The van der Waals surface area contributed by atoms with Crippen LogP contribution in [0, 0.1) is 12.3 Å². The molecule has 90 valence electrons. The monoisotopic (exact) mass is 229 g/mol. The van der Waals surface area contributed by atoms with Crippen LogP contribution in [0.4, 0.5) is 0 Å². The van der Waals surface area contributed by atoms with Gasteiger partial charge in [0.15, 0.2) is 0 Å². The largest absolute Gasteiger partial charge is 0.393 e. The van der Waals surface area contributed by atoms with Gasteiger partial charge in [0.2, 0.25) is 0 Å². The Morgan fingerprint density at radius 1 is 1.18 bits per heavy atom. The summed E-state index contributed by atoms with van der Waals surface area (Å²) in [7, 11) is 0. The van der Waals surface area contributed by atoms with E-state index in [1.165, 1.54) is 6.42 Å². The minimum Gasteiger partial charge on any atom is -0.393 e. The Balaban J connectivity index is 2.35. The molecule has 0 unspecified atom stereocenters. The molecule has 0 saturated carbocycles. The summed E-state index contributed by atoms with van der Waals surface area (Å²) >= 11 is 0. The Labute approximate surface area is 103 Å². The Hall–Kier alpha value is -1.30. The Bertz CT molecular complexity index is 389. The number of nitrogens with zero attached hydrogens (tertiary/aromatic N) is 1. The molecule has 17 heavy (non-hydrogen) atoms. The summed E-state index contributed by atoms with van der Waals surface area (Å²) in [5, 5.41) is 9.80. The fraction of sp³-hybridized carbons (Fsp3) is 0.467. The standard InChI is InChI=1S/C15H19NO/c1-2-15(13-17,14-9-5-3-6-10-14)16-11-7-4-8-12-16/h1,3,5-6,9-10,17H,4,7-8,11-13H2/t15-/m0/s1. The van der Waals surface area contributed by atoms with E-state index in [9.17, 15) is 5.11 Å². The highest BCUT2D eigenvalue weighted by molar-refractivity contribution is 5.33. The van der Waals surface area contributed by atoms with Gasteiger partial charge in [0.05, 0.1) is 6.61 Å². The van der Waals surface area contributed by atoms with Crippen molar-refractivity contribution in [3.05, 3.63) is 35.9 Å². The van der Waals surface area contributed by atoms with Crippen LogP contribution < -0.4 is 0 Å². The molecule has 1 heterocycles. The maximum absolute atomic E-state index is 9.80. The Morgan fingerprint density at radius 2 is 1.82 bits per heavy atom. The van der Waals surface area contributed by atoms with Gasteiger partial charge in [-0.15, -0.1) is 6.42 Å². The van der Waals surface area contributed by atoms with E-state index in [0.717, 1.165) is 31.5 Å². The average molecular weight is 229 g/mol. The number of terminal acetylenes is 1. The van der Waals surface area contributed by atoms with E-state index in [1.54, 1.807) is 0 Å². The lowest BCUT2D eigenvalue weighted by Crippen LogP contribution is -2.50. The molecule has 1 aliphatic heterocycles. The zero-order valence-corrected chi connectivity index (χ0v) is 10.1. The van der Waals surface area contributed by atoms with Gasteiger partial charge in [-0.2, -0.15) is 0 Å². The predicted molar refractivity (Wildman–Crippen MR) is 69.5 cm³/mol. The van der Waals surface area contributed by atoms with Gasteiger partial charge < -0.3 is 5.11 Å². The molecule has 1 N–H and O–H groups in total. The Morgan fingerprint density at radius 3 is 2.35 bits per heavy atom. The summed E-state index contributed by atoms with van der Waals surface area (Å²) < 4.78 is 0. The fourth-order valence-corrected chi connectivity index (χ4v) is 2.58. The van der Waals surface area contributed by atoms with Gasteiger partial charge in [0.25, 0.3) is 0 Å². The van der Waals surface area contributed by atoms with E-state index in [4.69, 9.17) is 6.42 Å². The molecule has 1 aromatic rings. The third-order valence-electron chi connectivity index (χ3n) is 3.61. The van der Waals surface area contributed by atoms with Crippen LogP contribution in [0.15, 0.2) is 30.3 Å². The van der Waals surface area contributed by atoms with Gasteiger partial charge in [0.1, 0.15) is 5.54 Å². The normalized spacial score (nSPS) is 20.5. The molecule has 0 bridgehead atoms. The summed E-state index contributed by atoms with van der Waals surface area (Å²) in [6.45, 7) is 1.92. The molecule has 0 spiro atoms. The van der Waals surface area contributed by atoms with Gasteiger partial charge in [-0.25, -0.2) is 0 Å². The van der Waals surface area contributed by atoms with Crippen LogP contribution in [0.5, 0.6) is 0 Å². The molecule has 2 nitrogen and oxygen atoms in total. The molecule has 0 aromatic heterocycles. The number of rotatable bonds is 3. The van der Waals surface area contributed by atoms with Crippen molar-refractivity contribution in [3.8, 4) is 12.3 Å². The number of piperidine rings is 1. The summed E-state index contributed by atoms with van der Waals surface area (Å²) in [6, 6.07) is 9.93. The van der Waals surface area contributed by atoms with Crippen LogP contribution in [-0.2, 0) is 5.54 Å². The number of likely N-dealkylation sites (tertiary alicyclic amines) is 1. The minimum atomic E-state index is -0.637. The zero-order chi connectivity index (χ0) is 12.1. The summed E-state index contributed by atoms with van der Waals surface area (Å²) in [5.41, 5.74) is 0.383. The molecule has 2 heteroatoms. The molecule has 1 saturated heterocycles. The van der Waals surface area contributed by atoms with E-state index in [1.807, 2.05) is 30.3 Å². The van der Waals surface area contributed by atoms with Crippen molar-refractivity contribution in [2.24, 2.45) is 0 Å². The molecule has 1 aromatic carbocycles. The van der Waals surface area contributed by atoms with Crippen LogP contribution in [-0.4, -0.2) is 29.7 Å². The van der Waals surface area contributed by atoms with E-state index in [0.29, 0.717) is 0 Å². The van der Waals surface area contributed by atoms with Crippen molar-refractivity contribution in [1.29, 1.82) is 0 Å². The van der Waals surface area contributed by atoms with Crippen molar-refractivity contribution in [2.45, 2.75) is 24.8 Å². The highest BCUT2D eigenvalue weighted by atomic mass is 16.3. The number of aliphatic hydroxyl groups excluding tert-OH is 1. The first-order chi connectivity index (χ1) is 8.33. The van der Waals surface area contributed by atoms with Crippen molar-refractivity contribution >= 4 is 0 Å². The molecule has 2 rings (SSSR count). The second-order valence-electron chi connectivity index (χ2n) is 4.58. The highest BCUT2D eigenvalue weighted by Crippen LogP contribution is 2.30. The predicted octanol–water partition coefficient (Wildman–Crippen LogP) is 1.99. The molecule has 0 aliphatic carbocycles. The van der Waals surface area contributed by atoms with E-state index in [2.05, 4.69) is 10.8 Å². The van der Waals surface area contributed by atoms with Crippen LogP contribution in [0.25, 0.3) is 0 Å². The molecule has 1 atom stereocenters. The molecule has 1 aliphatic rings. The van der Waals surface area contributed by atoms with Crippen LogP contribution >= 0.6 is 0 Å². The Kier molecular flexibility index (Phi) is 3.83. The van der Waals surface area contributed by atoms with E-state index in [-0.39, 0.29) is 6.61 Å². The van der Waals surface area contributed by atoms with E-state index >= 15 is 0 Å². The van der Waals surface area contributed by atoms with Crippen LogP contribution in [0.1, 0.15) is 24.8 Å². The van der Waals surface area contributed by atoms with Gasteiger partial charge in [-0.05, 0) is 31.5 Å². The first-order valence-corrected chi connectivity index (χ1v) is 6.23. The molecule has 1 fully saturated rings. The molecular formula is C15H19NO. The lowest BCUT2D eigenvalue weighted by molar-refractivity contribution is 0.0550. The van der Waals surface area contributed by atoms with Crippen molar-refractivity contribution in [2.75, 3.05) is 19.7 Å². The third-order valence-corrected chi connectivity index (χ3v) is 3.61. The quantitative estimate of drug-likeness (QED) is 0.801. The number of aliphatic hydroxyl groups is 1. The highest BCUT2D eigenvalue weighted by Gasteiger charge is 2.36. The van der Waals surface area contributed by atoms with E-state index < -0.39 is 5.54 Å². The SMILES string of the molecule is C#C[C@](CO)(c1ccccc1)N1CCCCC1. The average Bonchev–Trinajstić information content (AvgIpc) is 2.43. The third kappa shape index (κ3) is 2.22. The second-order valence-corrected chi connectivity index (χ2v) is 4.58. The topological polar surface area (TPSA) is 23.5 Å². The lowest BCUT2D eigenvalue weighted by Gasteiger charge is -2.41. The number of benzene rings is 1. The zero-order valence-electron chi connectivity index (χ0n) is 10.1. The molecule has 0 radical (unpaired) electrons. The smallest absolute Gasteiger partial charge is 0.131 e. The van der Waals surface area contributed by atoms with Crippen molar-refractivity contribution in [3.63, 3.8) is 0 Å². The molecular weight excluding hydrogens is 210 g/mol. The maximum atomic E-state index is 9.80. The number of hydrogen-bond donors (Lipinski definition) is 1. The first-order valence-electron chi connectivity index (χ1n) is 6.23. The van der Waals surface area contributed by atoms with Gasteiger partial charge in [0, 0.05) is 0 Å². The number of hydrogen-bond acceptors (Lipinski definition) is 2. The molecule has 0 amide bonds. The summed E-state index contributed by atoms with van der Waals surface area (Å²) in [4.78, 5) is 2.24. The van der Waals surface area contributed by atoms with Crippen molar-refractivity contribution < 1.29 is 5.11 Å². The fourth-order valence-electron chi connectivity index (χ4n) is 2.58. The maximum Gasteiger partial charge on any atom is 0.131 e. The summed E-state index contributed by atoms with van der Waals surface area (Å²) in [6.07, 6.45) is 9.32. The van der Waals surface area contributed by atoms with Gasteiger partial charge >= 0.3 is 0 Å². The van der Waals surface area contributed by atoms with Gasteiger partial charge in [-0.1, -0.05) is 42.7 Å². The van der Waals surface area contributed by atoms with Crippen LogP contribution in [0.2, 0.25) is 0 Å². The minimum absolute atomic E-state index is 0.0203. The van der Waals surface area contributed by atoms with Crippen LogP contribution in [0.3, 0.4) is 0 Å². The van der Waals surface area contributed by atoms with Gasteiger partial charge in [-0.3, -0.25) is 4.90 Å².